The number of benzene rings is 1. The normalized spacial score (nSPS) is 20.4. The van der Waals surface area contributed by atoms with Crippen molar-refractivity contribution in [3.05, 3.63) is 52.7 Å². The molecule has 1 aliphatic rings. The molecule has 1 aromatic carbocycles. The van der Waals surface area contributed by atoms with Crippen LogP contribution < -0.4 is 5.32 Å². The Balaban J connectivity index is 1.86. The van der Waals surface area contributed by atoms with Gasteiger partial charge in [-0.1, -0.05) is 24.3 Å². The number of ether oxygens (including phenoxy) is 1. The molecule has 19 heavy (non-hydrogen) atoms. The van der Waals surface area contributed by atoms with Gasteiger partial charge in [-0.2, -0.15) is 0 Å². The standard InChI is InChI=1S/C15H15NO2S/c17-12-8-9-18-15(12)14(13-7-4-10-19-13)16-11-5-2-1-3-6-11/h1-7,10,14-16H,8-9H2/t14-,15-/m0/s1. The third-order valence-electron chi connectivity index (χ3n) is 3.21. The van der Waals surface area contributed by atoms with Crippen LogP contribution in [0.2, 0.25) is 0 Å². The molecule has 0 bridgehead atoms. The molecule has 2 heterocycles. The van der Waals surface area contributed by atoms with E-state index in [1.807, 2.05) is 47.8 Å². The van der Waals surface area contributed by atoms with Crippen LogP contribution in [0.3, 0.4) is 0 Å². The second-order valence-corrected chi connectivity index (χ2v) is 5.49. The Labute approximate surface area is 116 Å². The molecule has 3 rings (SSSR count). The molecule has 2 aromatic rings. The summed E-state index contributed by atoms with van der Waals surface area (Å²) in [7, 11) is 0. The van der Waals surface area contributed by atoms with Gasteiger partial charge in [-0.05, 0) is 23.6 Å². The van der Waals surface area contributed by atoms with E-state index in [0.29, 0.717) is 13.0 Å². The summed E-state index contributed by atoms with van der Waals surface area (Å²) in [6.45, 7) is 0.530. The first-order valence-electron chi connectivity index (χ1n) is 6.34. The van der Waals surface area contributed by atoms with Crippen molar-refractivity contribution in [3.63, 3.8) is 0 Å². The van der Waals surface area contributed by atoms with E-state index in [1.54, 1.807) is 11.3 Å². The fraction of sp³-hybridized carbons (Fsp3) is 0.267. The van der Waals surface area contributed by atoms with Gasteiger partial charge < -0.3 is 10.1 Å². The van der Waals surface area contributed by atoms with Crippen molar-refractivity contribution >= 4 is 22.8 Å². The topological polar surface area (TPSA) is 38.3 Å². The third kappa shape index (κ3) is 2.69. The molecule has 1 saturated heterocycles. The number of carbonyl (C=O) groups excluding carboxylic acids is 1. The average Bonchev–Trinajstić information content (AvgIpc) is 3.09. The molecule has 1 fully saturated rings. The van der Waals surface area contributed by atoms with Crippen molar-refractivity contribution < 1.29 is 9.53 Å². The first-order valence-corrected chi connectivity index (χ1v) is 7.22. The molecule has 4 heteroatoms. The van der Waals surface area contributed by atoms with Crippen molar-refractivity contribution in [3.8, 4) is 0 Å². The van der Waals surface area contributed by atoms with Crippen LogP contribution in [0.25, 0.3) is 0 Å². The van der Waals surface area contributed by atoms with Gasteiger partial charge in [0.05, 0.1) is 12.6 Å². The van der Waals surface area contributed by atoms with Gasteiger partial charge in [-0.25, -0.2) is 0 Å². The van der Waals surface area contributed by atoms with E-state index < -0.39 is 0 Å². The summed E-state index contributed by atoms with van der Waals surface area (Å²) >= 11 is 1.64. The van der Waals surface area contributed by atoms with Crippen LogP contribution in [0.5, 0.6) is 0 Å². The Morgan fingerprint density at radius 2 is 2.05 bits per heavy atom. The summed E-state index contributed by atoms with van der Waals surface area (Å²) in [5.41, 5.74) is 1.00. The first kappa shape index (κ1) is 12.4. The third-order valence-corrected chi connectivity index (χ3v) is 4.17. The maximum absolute atomic E-state index is 11.9. The zero-order chi connectivity index (χ0) is 13.1. The minimum absolute atomic E-state index is 0.0996. The first-order chi connectivity index (χ1) is 9.34. The smallest absolute Gasteiger partial charge is 0.166 e. The monoisotopic (exact) mass is 273 g/mol. The number of Topliss-reactive ketones (excluding diaryl/α,β-unsaturated/α-hetero) is 1. The van der Waals surface area contributed by atoms with E-state index in [1.165, 1.54) is 0 Å². The summed E-state index contributed by atoms with van der Waals surface area (Å²) in [4.78, 5) is 13.1. The molecule has 1 aromatic heterocycles. The highest BCUT2D eigenvalue weighted by atomic mass is 32.1. The maximum Gasteiger partial charge on any atom is 0.166 e. The molecule has 0 radical (unpaired) electrons. The Hall–Kier alpha value is -1.65. The maximum atomic E-state index is 11.9. The molecule has 0 unspecified atom stereocenters. The number of thiophene rings is 1. The number of carbonyl (C=O) groups is 1. The summed E-state index contributed by atoms with van der Waals surface area (Å²) in [5, 5.41) is 5.44. The minimum atomic E-state index is -0.376. The van der Waals surface area contributed by atoms with Gasteiger partial charge in [-0.15, -0.1) is 11.3 Å². The van der Waals surface area contributed by atoms with E-state index in [-0.39, 0.29) is 17.9 Å². The second kappa shape index (κ2) is 5.55. The molecule has 0 spiro atoms. The Kier molecular flexibility index (Phi) is 3.62. The van der Waals surface area contributed by atoms with Crippen LogP contribution in [0, 0.1) is 0 Å². The molecular weight excluding hydrogens is 258 g/mol. The SMILES string of the molecule is O=C1CCO[C@@H]1[C@@H](Nc1ccccc1)c1cccs1. The van der Waals surface area contributed by atoms with Crippen molar-refractivity contribution in [2.45, 2.75) is 18.6 Å². The number of nitrogens with one attached hydrogen (secondary N) is 1. The number of para-hydroxylation sites is 1. The van der Waals surface area contributed by atoms with Crippen LogP contribution in [0.4, 0.5) is 5.69 Å². The zero-order valence-corrected chi connectivity index (χ0v) is 11.2. The Morgan fingerprint density at radius 1 is 1.21 bits per heavy atom. The number of rotatable bonds is 4. The van der Waals surface area contributed by atoms with Crippen molar-refractivity contribution in [1.29, 1.82) is 0 Å². The van der Waals surface area contributed by atoms with Crippen LogP contribution in [0.1, 0.15) is 17.3 Å². The Bertz CT molecular complexity index is 539. The predicted octanol–water partition coefficient (Wildman–Crippen LogP) is 3.26. The molecule has 1 N–H and O–H groups in total. The molecular formula is C15H15NO2S. The number of anilines is 1. The van der Waals surface area contributed by atoms with Gasteiger partial charge in [0.2, 0.25) is 0 Å². The molecule has 0 aliphatic carbocycles. The molecule has 1 aliphatic heterocycles. The molecule has 2 atom stereocenters. The van der Waals surface area contributed by atoms with E-state index in [9.17, 15) is 4.79 Å². The molecule has 98 valence electrons. The van der Waals surface area contributed by atoms with Gasteiger partial charge in [-0.3, -0.25) is 4.79 Å². The van der Waals surface area contributed by atoms with Crippen LogP contribution >= 0.6 is 11.3 Å². The average molecular weight is 273 g/mol. The van der Waals surface area contributed by atoms with E-state index >= 15 is 0 Å². The lowest BCUT2D eigenvalue weighted by atomic mass is 10.0. The van der Waals surface area contributed by atoms with Crippen molar-refractivity contribution in [2.24, 2.45) is 0 Å². The van der Waals surface area contributed by atoms with Crippen molar-refractivity contribution in [2.75, 3.05) is 11.9 Å². The lowest BCUT2D eigenvalue weighted by Crippen LogP contribution is -2.29. The van der Waals surface area contributed by atoms with E-state index in [0.717, 1.165) is 10.6 Å². The summed E-state index contributed by atoms with van der Waals surface area (Å²) in [6.07, 6.45) is 0.141. The lowest BCUT2D eigenvalue weighted by Gasteiger charge is -2.23. The highest BCUT2D eigenvalue weighted by Crippen LogP contribution is 2.31. The fourth-order valence-electron chi connectivity index (χ4n) is 2.28. The number of hydrogen-bond acceptors (Lipinski definition) is 4. The summed E-state index contributed by atoms with van der Waals surface area (Å²) < 4.78 is 5.62. The molecule has 0 amide bonds. The van der Waals surface area contributed by atoms with Gasteiger partial charge >= 0.3 is 0 Å². The van der Waals surface area contributed by atoms with E-state index in [2.05, 4.69) is 5.32 Å². The highest BCUT2D eigenvalue weighted by Gasteiger charge is 2.34. The summed E-state index contributed by atoms with van der Waals surface area (Å²) in [5.74, 6) is 0.182. The fourth-order valence-corrected chi connectivity index (χ4v) is 3.08. The predicted molar refractivity (Wildman–Crippen MR) is 76.5 cm³/mol. The molecule has 3 nitrogen and oxygen atoms in total. The van der Waals surface area contributed by atoms with Gasteiger partial charge in [0.1, 0.15) is 6.10 Å². The number of ketones is 1. The van der Waals surface area contributed by atoms with Crippen LogP contribution in [-0.4, -0.2) is 18.5 Å². The van der Waals surface area contributed by atoms with Gasteiger partial charge in [0, 0.05) is 17.0 Å². The Morgan fingerprint density at radius 3 is 2.68 bits per heavy atom. The number of hydrogen-bond donors (Lipinski definition) is 1. The van der Waals surface area contributed by atoms with Crippen LogP contribution in [0.15, 0.2) is 47.8 Å². The van der Waals surface area contributed by atoms with Gasteiger partial charge in [0.25, 0.3) is 0 Å². The van der Waals surface area contributed by atoms with E-state index in [4.69, 9.17) is 4.74 Å². The quantitative estimate of drug-likeness (QED) is 0.929. The van der Waals surface area contributed by atoms with Crippen molar-refractivity contribution in [1.82, 2.24) is 0 Å². The highest BCUT2D eigenvalue weighted by molar-refractivity contribution is 7.10. The lowest BCUT2D eigenvalue weighted by molar-refractivity contribution is -0.122. The molecule has 0 saturated carbocycles. The van der Waals surface area contributed by atoms with Gasteiger partial charge in [0.15, 0.2) is 5.78 Å². The largest absolute Gasteiger partial charge is 0.375 e. The van der Waals surface area contributed by atoms with Crippen LogP contribution in [-0.2, 0) is 9.53 Å². The summed E-state index contributed by atoms with van der Waals surface area (Å²) in [6, 6.07) is 13.9. The minimum Gasteiger partial charge on any atom is -0.375 e. The zero-order valence-electron chi connectivity index (χ0n) is 10.4. The second-order valence-electron chi connectivity index (χ2n) is 4.51.